The maximum Gasteiger partial charge on any atom is 0.125 e. The molecular weight excluding hydrogens is 175 g/mol. The summed E-state index contributed by atoms with van der Waals surface area (Å²) >= 11 is 1.65. The van der Waals surface area contributed by atoms with Crippen molar-refractivity contribution in [2.45, 2.75) is 19.6 Å². The van der Waals surface area contributed by atoms with Crippen molar-refractivity contribution in [2.24, 2.45) is 0 Å². The second-order valence-corrected chi connectivity index (χ2v) is 4.21. The lowest BCUT2D eigenvalue weighted by Gasteiger charge is -2.33. The number of halogens is 1. The van der Waals surface area contributed by atoms with Crippen molar-refractivity contribution < 1.29 is 4.39 Å². The Morgan fingerprint density at radius 3 is 3.00 bits per heavy atom. The zero-order valence-electron chi connectivity index (χ0n) is 6.96. The molecule has 2 nitrogen and oxygen atoms in total. The zero-order valence-corrected chi connectivity index (χ0v) is 7.77. The summed E-state index contributed by atoms with van der Waals surface area (Å²) in [6.45, 7) is 3.96. The third-order valence-corrected chi connectivity index (χ3v) is 2.79. The maximum atomic E-state index is 12.4. The van der Waals surface area contributed by atoms with Crippen molar-refractivity contribution in [1.82, 2.24) is 9.88 Å². The number of nitrogens with zero attached hydrogens (tertiary/aromatic N) is 2. The Morgan fingerprint density at radius 2 is 2.50 bits per heavy atom. The zero-order chi connectivity index (χ0) is 8.55. The van der Waals surface area contributed by atoms with E-state index < -0.39 is 6.17 Å². The van der Waals surface area contributed by atoms with Gasteiger partial charge in [0.1, 0.15) is 6.17 Å². The highest BCUT2D eigenvalue weighted by Gasteiger charge is 2.26. The van der Waals surface area contributed by atoms with Crippen molar-refractivity contribution in [3.8, 4) is 0 Å². The van der Waals surface area contributed by atoms with Crippen LogP contribution in [0.3, 0.4) is 0 Å². The van der Waals surface area contributed by atoms with Gasteiger partial charge < -0.3 is 0 Å². The predicted octanol–water partition coefficient (Wildman–Crippen LogP) is 1.61. The van der Waals surface area contributed by atoms with E-state index in [0.29, 0.717) is 13.1 Å². The monoisotopic (exact) mass is 186 g/mol. The number of alkyl halides is 1. The molecule has 1 saturated heterocycles. The fraction of sp³-hybridized carbons (Fsp3) is 0.625. The standard InChI is InChI=1S/C8H11FN2S/c1-6-10-8(5-12-6)4-11-2-7(9)3-11/h5,7H,2-4H2,1H3. The predicted molar refractivity (Wildman–Crippen MR) is 47.0 cm³/mol. The van der Waals surface area contributed by atoms with Crippen molar-refractivity contribution in [3.63, 3.8) is 0 Å². The second kappa shape index (κ2) is 3.11. The Labute approximate surface area is 75.0 Å². The molecule has 0 N–H and O–H groups in total. The first kappa shape index (κ1) is 8.13. The van der Waals surface area contributed by atoms with Crippen LogP contribution in [0, 0.1) is 6.92 Å². The highest BCUT2D eigenvalue weighted by Crippen LogP contribution is 2.16. The van der Waals surface area contributed by atoms with Crippen LogP contribution in [0.1, 0.15) is 10.7 Å². The number of aryl methyl sites for hydroxylation is 1. The third kappa shape index (κ3) is 1.64. The van der Waals surface area contributed by atoms with Gasteiger partial charge in [0.15, 0.2) is 0 Å². The highest BCUT2D eigenvalue weighted by atomic mass is 32.1. The van der Waals surface area contributed by atoms with Gasteiger partial charge in [0, 0.05) is 25.0 Å². The van der Waals surface area contributed by atoms with Gasteiger partial charge in [0.2, 0.25) is 0 Å². The quantitative estimate of drug-likeness (QED) is 0.697. The molecule has 1 aromatic rings. The summed E-state index contributed by atoms with van der Waals surface area (Å²) in [6.07, 6.45) is -0.607. The third-order valence-electron chi connectivity index (χ3n) is 1.96. The SMILES string of the molecule is Cc1nc(CN2CC(F)C2)cs1. The Morgan fingerprint density at radius 1 is 1.75 bits per heavy atom. The summed E-state index contributed by atoms with van der Waals surface area (Å²) in [4.78, 5) is 6.38. The number of thiazole rings is 1. The number of hydrogen-bond acceptors (Lipinski definition) is 3. The van der Waals surface area contributed by atoms with Crippen LogP contribution in [-0.2, 0) is 6.54 Å². The molecule has 2 heterocycles. The van der Waals surface area contributed by atoms with Crippen LogP contribution in [0.25, 0.3) is 0 Å². The minimum absolute atomic E-state index is 0.580. The smallest absolute Gasteiger partial charge is 0.125 e. The minimum atomic E-state index is -0.607. The van der Waals surface area contributed by atoms with Crippen LogP contribution in [-0.4, -0.2) is 29.1 Å². The normalized spacial score (nSPS) is 19.5. The van der Waals surface area contributed by atoms with Crippen LogP contribution >= 0.6 is 11.3 Å². The first-order chi connectivity index (χ1) is 5.74. The number of likely N-dealkylation sites (tertiary alicyclic amines) is 1. The van der Waals surface area contributed by atoms with Crippen molar-refractivity contribution >= 4 is 11.3 Å². The summed E-state index contributed by atoms with van der Waals surface area (Å²) in [6, 6.07) is 0. The first-order valence-corrected chi connectivity index (χ1v) is 4.89. The molecule has 1 aliphatic heterocycles. The molecule has 1 aliphatic rings. The number of rotatable bonds is 2. The second-order valence-electron chi connectivity index (χ2n) is 3.15. The summed E-state index contributed by atoms with van der Waals surface area (Å²) in [5.41, 5.74) is 1.07. The highest BCUT2D eigenvalue weighted by molar-refractivity contribution is 7.09. The molecule has 0 saturated carbocycles. The van der Waals surface area contributed by atoms with Gasteiger partial charge in [-0.2, -0.15) is 0 Å². The molecule has 4 heteroatoms. The minimum Gasteiger partial charge on any atom is -0.292 e. The molecule has 0 spiro atoms. The van der Waals surface area contributed by atoms with Crippen LogP contribution in [0.15, 0.2) is 5.38 Å². The van der Waals surface area contributed by atoms with E-state index in [-0.39, 0.29) is 0 Å². The average Bonchev–Trinajstić information content (AvgIpc) is 2.33. The molecule has 0 aromatic carbocycles. The van der Waals surface area contributed by atoms with Gasteiger partial charge in [0.05, 0.1) is 10.7 Å². The van der Waals surface area contributed by atoms with Gasteiger partial charge in [0.25, 0.3) is 0 Å². The van der Waals surface area contributed by atoms with Crippen LogP contribution < -0.4 is 0 Å². The van der Waals surface area contributed by atoms with Crippen LogP contribution in [0.5, 0.6) is 0 Å². The van der Waals surface area contributed by atoms with E-state index in [1.54, 1.807) is 11.3 Å². The van der Waals surface area contributed by atoms with Crippen molar-refractivity contribution in [2.75, 3.05) is 13.1 Å². The molecule has 0 aliphatic carbocycles. The lowest BCUT2D eigenvalue weighted by molar-refractivity contribution is 0.0582. The van der Waals surface area contributed by atoms with E-state index in [9.17, 15) is 4.39 Å². The van der Waals surface area contributed by atoms with Crippen molar-refractivity contribution in [1.29, 1.82) is 0 Å². The molecule has 0 radical (unpaired) electrons. The molecule has 12 heavy (non-hydrogen) atoms. The van der Waals surface area contributed by atoms with E-state index in [4.69, 9.17) is 0 Å². The molecule has 0 unspecified atom stereocenters. The molecule has 66 valence electrons. The molecule has 2 rings (SSSR count). The van der Waals surface area contributed by atoms with Gasteiger partial charge in [-0.05, 0) is 6.92 Å². The molecule has 1 fully saturated rings. The van der Waals surface area contributed by atoms with E-state index in [2.05, 4.69) is 9.88 Å². The summed E-state index contributed by atoms with van der Waals surface area (Å²) < 4.78 is 12.4. The average molecular weight is 186 g/mol. The molecular formula is C8H11FN2S. The lowest BCUT2D eigenvalue weighted by Crippen LogP contribution is -2.47. The van der Waals surface area contributed by atoms with Crippen molar-refractivity contribution in [3.05, 3.63) is 16.1 Å². The van der Waals surface area contributed by atoms with Crippen LogP contribution in [0.4, 0.5) is 4.39 Å². The topological polar surface area (TPSA) is 16.1 Å². The Balaban J connectivity index is 1.88. The maximum absolute atomic E-state index is 12.4. The Hall–Kier alpha value is -0.480. The summed E-state index contributed by atoms with van der Waals surface area (Å²) in [5, 5.41) is 3.13. The first-order valence-electron chi connectivity index (χ1n) is 4.01. The van der Waals surface area contributed by atoms with Gasteiger partial charge in [-0.15, -0.1) is 11.3 Å². The van der Waals surface area contributed by atoms with E-state index in [1.165, 1.54) is 0 Å². The fourth-order valence-electron chi connectivity index (χ4n) is 1.35. The number of aromatic nitrogens is 1. The number of hydrogen-bond donors (Lipinski definition) is 0. The van der Waals surface area contributed by atoms with Gasteiger partial charge in [-0.25, -0.2) is 9.37 Å². The summed E-state index contributed by atoms with van der Waals surface area (Å²) in [5.74, 6) is 0. The van der Waals surface area contributed by atoms with E-state index in [0.717, 1.165) is 17.2 Å². The van der Waals surface area contributed by atoms with Gasteiger partial charge in [-0.3, -0.25) is 4.90 Å². The Bertz CT molecular complexity index is 268. The van der Waals surface area contributed by atoms with Gasteiger partial charge >= 0.3 is 0 Å². The van der Waals surface area contributed by atoms with E-state index >= 15 is 0 Å². The molecule has 1 aromatic heterocycles. The fourth-order valence-corrected chi connectivity index (χ4v) is 1.95. The molecule has 0 bridgehead atoms. The molecule has 0 amide bonds. The van der Waals surface area contributed by atoms with E-state index in [1.807, 2.05) is 12.3 Å². The largest absolute Gasteiger partial charge is 0.292 e. The summed E-state index contributed by atoms with van der Waals surface area (Å²) in [7, 11) is 0. The Kier molecular flexibility index (Phi) is 2.11. The van der Waals surface area contributed by atoms with Gasteiger partial charge in [-0.1, -0.05) is 0 Å². The molecule has 0 atom stereocenters. The van der Waals surface area contributed by atoms with Crippen LogP contribution in [0.2, 0.25) is 0 Å². The lowest BCUT2D eigenvalue weighted by atomic mass is 10.2.